The highest BCUT2D eigenvalue weighted by atomic mass is 16.6. The van der Waals surface area contributed by atoms with Crippen LogP contribution in [0.3, 0.4) is 0 Å². The van der Waals surface area contributed by atoms with Gasteiger partial charge in [0.2, 0.25) is 5.43 Å². The number of aliphatic hydroxyl groups is 1. The minimum Gasteiger partial charge on any atom is -0.477 e. The zero-order chi connectivity index (χ0) is 16.3. The quantitative estimate of drug-likeness (QED) is 0.453. The number of rotatable bonds is 6. The number of pyridine rings is 1. The summed E-state index contributed by atoms with van der Waals surface area (Å²) in [5, 5.41) is 28.6. The molecule has 0 amide bonds. The van der Waals surface area contributed by atoms with Crippen molar-refractivity contribution in [2.75, 3.05) is 13.2 Å². The van der Waals surface area contributed by atoms with Crippen molar-refractivity contribution in [3.63, 3.8) is 0 Å². The van der Waals surface area contributed by atoms with Crippen LogP contribution in [-0.2, 0) is 11.5 Å². The molecule has 2 N–H and O–H groups in total. The molecule has 0 aliphatic carbocycles. The molecule has 9 nitrogen and oxygen atoms in total. The van der Waals surface area contributed by atoms with Crippen molar-refractivity contribution in [2.24, 2.45) is 0 Å². The van der Waals surface area contributed by atoms with Crippen molar-refractivity contribution in [3.8, 4) is 0 Å². The van der Waals surface area contributed by atoms with Crippen LogP contribution in [0.2, 0.25) is 0 Å². The van der Waals surface area contributed by atoms with Gasteiger partial charge in [-0.15, -0.1) is 0 Å². The number of hydrogen-bond acceptors (Lipinski definition) is 6. The number of aromatic carboxylic acids is 1. The first-order valence-corrected chi connectivity index (χ1v) is 6.19. The number of non-ortho nitro benzene ring substituents is 1. The normalized spacial score (nSPS) is 10.8. The Morgan fingerprint density at radius 3 is 2.73 bits per heavy atom. The van der Waals surface area contributed by atoms with Crippen LogP contribution in [0.5, 0.6) is 0 Å². The molecule has 2 aromatic rings. The second-order valence-corrected chi connectivity index (χ2v) is 4.37. The summed E-state index contributed by atoms with van der Waals surface area (Å²) in [6.07, 6.45) is 1.06. The number of benzene rings is 1. The van der Waals surface area contributed by atoms with Crippen LogP contribution in [0.1, 0.15) is 10.4 Å². The Morgan fingerprint density at radius 1 is 1.41 bits per heavy atom. The summed E-state index contributed by atoms with van der Waals surface area (Å²) in [7, 11) is 0. The fourth-order valence-corrected chi connectivity index (χ4v) is 1.98. The second kappa shape index (κ2) is 6.33. The molecular formula is C13H12N2O7. The molecule has 0 unspecified atom stereocenters. The molecule has 1 aromatic carbocycles. The fraction of sp³-hybridized carbons (Fsp3) is 0.231. The number of nitrogens with zero attached hydrogens (tertiary/aromatic N) is 2. The summed E-state index contributed by atoms with van der Waals surface area (Å²) in [5.41, 5.74) is -1.24. The van der Waals surface area contributed by atoms with Crippen molar-refractivity contribution >= 4 is 22.6 Å². The van der Waals surface area contributed by atoms with Gasteiger partial charge in [0.05, 0.1) is 23.7 Å². The smallest absolute Gasteiger partial charge is 0.341 e. The SMILES string of the molecule is O=C(O)c1cn(COCCO)c2cc([N+](=O)[O-])ccc2c1=O. The first-order chi connectivity index (χ1) is 10.5. The Balaban J connectivity index is 2.68. The van der Waals surface area contributed by atoms with E-state index in [4.69, 9.17) is 14.9 Å². The predicted octanol–water partition coefficient (Wildman–Crippen LogP) is 0.574. The zero-order valence-corrected chi connectivity index (χ0v) is 11.3. The maximum atomic E-state index is 12.1. The van der Waals surface area contributed by atoms with Crippen molar-refractivity contribution in [1.82, 2.24) is 4.57 Å². The van der Waals surface area contributed by atoms with Gasteiger partial charge in [0, 0.05) is 23.7 Å². The first-order valence-electron chi connectivity index (χ1n) is 6.19. The average Bonchev–Trinajstić information content (AvgIpc) is 2.48. The lowest BCUT2D eigenvalue weighted by molar-refractivity contribution is -0.384. The van der Waals surface area contributed by atoms with Gasteiger partial charge in [-0.3, -0.25) is 14.9 Å². The first kappa shape index (κ1) is 15.6. The van der Waals surface area contributed by atoms with Crippen LogP contribution in [0.4, 0.5) is 5.69 Å². The van der Waals surface area contributed by atoms with Crippen LogP contribution < -0.4 is 5.43 Å². The lowest BCUT2D eigenvalue weighted by Crippen LogP contribution is -2.20. The standard InChI is InChI=1S/C13H12N2O7/c16-3-4-22-7-14-6-10(13(18)19)12(17)9-2-1-8(15(20)21)5-11(9)14/h1-2,5-6,16H,3-4,7H2,(H,18,19). The highest BCUT2D eigenvalue weighted by molar-refractivity contribution is 5.93. The molecular weight excluding hydrogens is 296 g/mol. The molecule has 0 saturated carbocycles. The molecule has 1 aromatic heterocycles. The number of fused-ring (bicyclic) bond motifs is 1. The summed E-state index contributed by atoms with van der Waals surface area (Å²) in [6.45, 7) is -0.381. The molecule has 0 fully saturated rings. The number of aromatic nitrogens is 1. The Hall–Kier alpha value is -2.78. The Morgan fingerprint density at radius 2 is 2.14 bits per heavy atom. The van der Waals surface area contributed by atoms with E-state index in [2.05, 4.69) is 0 Å². The third-order valence-corrected chi connectivity index (χ3v) is 2.97. The van der Waals surface area contributed by atoms with Gasteiger partial charge >= 0.3 is 5.97 Å². The largest absolute Gasteiger partial charge is 0.477 e. The van der Waals surface area contributed by atoms with E-state index in [1.807, 2.05) is 0 Å². The van der Waals surface area contributed by atoms with Crippen LogP contribution in [0.25, 0.3) is 10.9 Å². The molecule has 1 heterocycles. The van der Waals surface area contributed by atoms with E-state index in [9.17, 15) is 19.7 Å². The molecule has 0 spiro atoms. The summed E-state index contributed by atoms with van der Waals surface area (Å²) in [6, 6.07) is 3.52. The van der Waals surface area contributed by atoms with Gasteiger partial charge in [0.15, 0.2) is 0 Å². The third-order valence-electron chi connectivity index (χ3n) is 2.97. The second-order valence-electron chi connectivity index (χ2n) is 4.37. The summed E-state index contributed by atoms with van der Waals surface area (Å²) < 4.78 is 6.38. The molecule has 0 radical (unpaired) electrons. The number of nitro groups is 1. The van der Waals surface area contributed by atoms with Gasteiger partial charge in [0.1, 0.15) is 12.3 Å². The average molecular weight is 308 g/mol. The topological polar surface area (TPSA) is 132 Å². The third kappa shape index (κ3) is 2.95. The highest BCUT2D eigenvalue weighted by Crippen LogP contribution is 2.19. The molecule has 9 heteroatoms. The summed E-state index contributed by atoms with van der Waals surface area (Å²) in [4.78, 5) is 33.4. The maximum Gasteiger partial charge on any atom is 0.341 e. The monoisotopic (exact) mass is 308 g/mol. The Kier molecular flexibility index (Phi) is 4.49. The van der Waals surface area contributed by atoms with Gasteiger partial charge in [0.25, 0.3) is 5.69 Å². The van der Waals surface area contributed by atoms with Crippen molar-refractivity contribution < 1.29 is 24.7 Å². The number of hydrogen-bond donors (Lipinski definition) is 2. The summed E-state index contributed by atoms with van der Waals surface area (Å²) in [5.74, 6) is -1.40. The maximum absolute atomic E-state index is 12.1. The molecule has 116 valence electrons. The van der Waals surface area contributed by atoms with E-state index in [-0.39, 0.29) is 36.5 Å². The molecule has 0 aliphatic heterocycles. The van der Waals surface area contributed by atoms with E-state index in [1.54, 1.807) is 0 Å². The predicted molar refractivity (Wildman–Crippen MR) is 74.9 cm³/mol. The van der Waals surface area contributed by atoms with Gasteiger partial charge < -0.3 is 19.5 Å². The number of carbonyl (C=O) groups is 1. The van der Waals surface area contributed by atoms with Gasteiger partial charge in [-0.05, 0) is 6.07 Å². The lowest BCUT2D eigenvalue weighted by atomic mass is 10.1. The van der Waals surface area contributed by atoms with Crippen LogP contribution in [0.15, 0.2) is 29.2 Å². The minimum atomic E-state index is -1.40. The Labute approximate surface area is 123 Å². The van der Waals surface area contributed by atoms with Gasteiger partial charge in [-0.1, -0.05) is 0 Å². The Bertz CT molecular complexity index is 797. The van der Waals surface area contributed by atoms with Crippen molar-refractivity contribution in [3.05, 3.63) is 50.3 Å². The molecule has 0 aliphatic rings. The van der Waals surface area contributed by atoms with Crippen LogP contribution >= 0.6 is 0 Å². The highest BCUT2D eigenvalue weighted by Gasteiger charge is 2.17. The van der Waals surface area contributed by atoms with E-state index in [1.165, 1.54) is 16.7 Å². The number of aliphatic hydroxyl groups excluding tert-OH is 1. The number of carboxylic acids is 1. The molecule has 0 atom stereocenters. The lowest BCUT2D eigenvalue weighted by Gasteiger charge is -2.12. The minimum absolute atomic E-state index is 0.00491. The fourth-order valence-electron chi connectivity index (χ4n) is 1.98. The van der Waals surface area contributed by atoms with E-state index < -0.39 is 21.9 Å². The number of carboxylic acid groups (broad SMARTS) is 1. The molecule has 22 heavy (non-hydrogen) atoms. The number of nitro benzene ring substituents is 1. The summed E-state index contributed by atoms with van der Waals surface area (Å²) >= 11 is 0. The van der Waals surface area contributed by atoms with E-state index in [0.717, 1.165) is 12.3 Å². The molecule has 2 rings (SSSR count). The van der Waals surface area contributed by atoms with Gasteiger partial charge in [-0.25, -0.2) is 4.79 Å². The van der Waals surface area contributed by atoms with Crippen molar-refractivity contribution in [2.45, 2.75) is 6.73 Å². The van der Waals surface area contributed by atoms with Crippen LogP contribution in [0, 0.1) is 10.1 Å². The zero-order valence-electron chi connectivity index (χ0n) is 11.3. The van der Waals surface area contributed by atoms with Gasteiger partial charge in [-0.2, -0.15) is 0 Å². The molecule has 0 saturated heterocycles. The van der Waals surface area contributed by atoms with E-state index in [0.29, 0.717) is 0 Å². The van der Waals surface area contributed by atoms with Crippen LogP contribution in [-0.4, -0.2) is 38.9 Å². The molecule has 0 bridgehead atoms. The van der Waals surface area contributed by atoms with E-state index >= 15 is 0 Å². The number of ether oxygens (including phenoxy) is 1. The van der Waals surface area contributed by atoms with Crippen molar-refractivity contribution in [1.29, 1.82) is 0 Å².